The van der Waals surface area contributed by atoms with Crippen LogP contribution in [0.4, 0.5) is 0 Å². The van der Waals surface area contributed by atoms with E-state index in [0.717, 1.165) is 0 Å². The number of carbonyl (C=O) groups is 2. The molecule has 0 aliphatic carbocycles. The molecule has 0 rings (SSSR count). The summed E-state index contributed by atoms with van der Waals surface area (Å²) in [6.07, 6.45) is 0. The topological polar surface area (TPSA) is 52.6 Å². The molecule has 11 heavy (non-hydrogen) atoms. The first-order valence-electron chi connectivity index (χ1n) is 2.63. The van der Waals surface area contributed by atoms with E-state index in [9.17, 15) is 9.59 Å². The molecule has 0 spiro atoms. The third-order valence-electron chi connectivity index (χ3n) is 1.16. The third kappa shape index (κ3) is 2.73. The largest absolute Gasteiger partial charge is 0.394 e. The van der Waals surface area contributed by atoms with Crippen LogP contribution in [0.25, 0.3) is 0 Å². The predicted molar refractivity (Wildman–Crippen MR) is 54.0 cm³/mol. The van der Waals surface area contributed by atoms with Crippen LogP contribution in [-0.2, 0) is 15.7 Å². The summed E-state index contributed by atoms with van der Waals surface area (Å²) in [5.74, 6) is -1.22. The zero-order chi connectivity index (χ0) is 9.07. The van der Waals surface area contributed by atoms with Gasteiger partial charge in [0.1, 0.15) is 0 Å². The summed E-state index contributed by atoms with van der Waals surface area (Å²) in [4.78, 5) is 21.8. The highest BCUT2D eigenvalue weighted by Crippen LogP contribution is 2.21. The van der Waals surface area contributed by atoms with Gasteiger partial charge in [-0.3, -0.25) is 9.59 Å². The van der Waals surface area contributed by atoms with Crippen molar-refractivity contribution in [3.8, 4) is 0 Å². The van der Waals surface area contributed by atoms with Crippen LogP contribution in [0.15, 0.2) is 0 Å². The molecule has 64 valence electrons. The van der Waals surface area contributed by atoms with E-state index < -0.39 is 17.4 Å². The van der Waals surface area contributed by atoms with Gasteiger partial charge in [0.05, 0.1) is 0 Å². The molecule has 0 aromatic rings. The van der Waals surface area contributed by atoms with Crippen LogP contribution in [0.5, 0.6) is 0 Å². The molecule has 0 aliphatic rings. The first-order valence-corrected chi connectivity index (χ1v) is 4.39. The van der Waals surface area contributed by atoms with Crippen molar-refractivity contribution in [1.82, 2.24) is 0 Å². The lowest BCUT2D eigenvalue weighted by Crippen LogP contribution is -2.33. The minimum Gasteiger partial charge on any atom is -0.394 e. The maximum Gasteiger partial charge on any atom is 0.332 e. The van der Waals surface area contributed by atoms with Crippen molar-refractivity contribution in [2.75, 3.05) is 0 Å². The molecule has 6 heteroatoms. The lowest BCUT2D eigenvalue weighted by atomic mass is 9.95. The Labute approximate surface area is 92.4 Å². The normalized spacial score (nSPS) is 10.5. The van der Waals surface area contributed by atoms with Crippen LogP contribution >= 0.6 is 46.0 Å². The quantitative estimate of drug-likeness (QED) is 0.539. The molecule has 0 atom stereocenters. The average Bonchev–Trinajstić information content (AvgIpc) is 2.01. The number of rotatable bonds is 2. The maximum absolute atomic E-state index is 10.9. The molecule has 0 aromatic heterocycles. The Hall–Kier alpha value is 0.400. The summed E-state index contributed by atoms with van der Waals surface area (Å²) in [7, 11) is 0. The van der Waals surface area contributed by atoms with Gasteiger partial charge in [0.15, 0.2) is 51.4 Å². The summed E-state index contributed by atoms with van der Waals surface area (Å²) in [6, 6.07) is 0. The fraction of sp³-hybridized carbons (Fsp3) is 0.600. The van der Waals surface area contributed by atoms with Crippen LogP contribution in [0.3, 0.4) is 0 Å². The van der Waals surface area contributed by atoms with Crippen LogP contribution in [-0.4, -0.2) is 11.9 Å². The van der Waals surface area contributed by atoms with Crippen molar-refractivity contribution in [3.05, 3.63) is 0 Å². The van der Waals surface area contributed by atoms with Gasteiger partial charge in [-0.2, -0.15) is 0 Å². The molecule has 0 heterocycles. The van der Waals surface area contributed by atoms with Crippen LogP contribution in [0.1, 0.15) is 13.8 Å². The van der Waals surface area contributed by atoms with Gasteiger partial charge in [-0.15, -0.1) is 0 Å². The third-order valence-corrected chi connectivity index (χ3v) is 1.96. The number of hydrogen-bond donors (Lipinski definition) is 0. The van der Waals surface area contributed by atoms with Gasteiger partial charge in [0, 0.05) is 0 Å². The van der Waals surface area contributed by atoms with E-state index in [2.05, 4.69) is 6.13 Å². The Morgan fingerprint density at radius 1 is 1.09 bits per heavy atom. The fourth-order valence-electron chi connectivity index (χ4n) is 0.276. The number of hydrogen-bond acceptors (Lipinski definition) is 4. The average molecular weight is 384 g/mol. The first-order chi connectivity index (χ1) is 4.96. The number of halogens is 2. The summed E-state index contributed by atoms with van der Waals surface area (Å²) < 4.78 is 8.73. The molecule has 0 radical (unpaired) electrons. The van der Waals surface area contributed by atoms with E-state index in [1.807, 2.05) is 0 Å². The Balaban J connectivity index is 4.44. The predicted octanol–water partition coefficient (Wildman–Crippen LogP) is 1.80. The SMILES string of the molecule is CC(C)(C(=O)OI)C(=O)OI. The maximum atomic E-state index is 10.9. The summed E-state index contributed by atoms with van der Waals surface area (Å²) >= 11 is 2.86. The van der Waals surface area contributed by atoms with Gasteiger partial charge in [0.2, 0.25) is 0 Å². The molecule has 0 aromatic carbocycles. The Kier molecular flexibility index (Phi) is 4.59. The molecule has 0 amide bonds. The Morgan fingerprint density at radius 2 is 1.36 bits per heavy atom. The highest BCUT2D eigenvalue weighted by Gasteiger charge is 2.39. The summed E-state index contributed by atoms with van der Waals surface area (Å²) in [5, 5.41) is 0. The standard InChI is InChI=1S/C5H6I2O4/c1-5(2,3(8)10-6)4(9)11-7/h1-2H3. The summed E-state index contributed by atoms with van der Waals surface area (Å²) in [5.41, 5.74) is -1.22. The van der Waals surface area contributed by atoms with Crippen molar-refractivity contribution < 1.29 is 15.7 Å². The van der Waals surface area contributed by atoms with Gasteiger partial charge >= 0.3 is 11.9 Å². The van der Waals surface area contributed by atoms with Crippen LogP contribution in [0.2, 0.25) is 0 Å². The fourth-order valence-corrected chi connectivity index (χ4v) is 1.38. The van der Waals surface area contributed by atoms with Crippen LogP contribution in [0, 0.1) is 5.41 Å². The van der Waals surface area contributed by atoms with Gasteiger partial charge in [-0.05, 0) is 13.8 Å². The molecule has 4 nitrogen and oxygen atoms in total. The molecule has 0 aliphatic heterocycles. The van der Waals surface area contributed by atoms with Gasteiger partial charge in [0.25, 0.3) is 0 Å². The molecule has 0 saturated carbocycles. The van der Waals surface area contributed by atoms with Crippen molar-refractivity contribution >= 4 is 58.0 Å². The molecule has 0 bridgehead atoms. The minimum atomic E-state index is -1.22. The zero-order valence-electron chi connectivity index (χ0n) is 5.89. The van der Waals surface area contributed by atoms with E-state index in [4.69, 9.17) is 0 Å². The second-order valence-electron chi connectivity index (χ2n) is 2.35. The molecular formula is C5H6I2O4. The van der Waals surface area contributed by atoms with E-state index in [1.165, 1.54) is 59.9 Å². The molecule has 0 saturated heterocycles. The van der Waals surface area contributed by atoms with E-state index in [0.29, 0.717) is 0 Å². The minimum absolute atomic E-state index is 0.611. The van der Waals surface area contributed by atoms with Crippen molar-refractivity contribution in [2.45, 2.75) is 13.8 Å². The first kappa shape index (κ1) is 11.4. The zero-order valence-corrected chi connectivity index (χ0v) is 10.2. The van der Waals surface area contributed by atoms with E-state index in [1.54, 1.807) is 0 Å². The molecule has 0 unspecified atom stereocenters. The second-order valence-corrected chi connectivity index (χ2v) is 3.24. The molecule has 0 fully saturated rings. The Morgan fingerprint density at radius 3 is 1.55 bits per heavy atom. The van der Waals surface area contributed by atoms with E-state index >= 15 is 0 Å². The molecular weight excluding hydrogens is 378 g/mol. The van der Waals surface area contributed by atoms with Crippen molar-refractivity contribution in [3.63, 3.8) is 0 Å². The Bertz CT molecular complexity index is 159. The lowest BCUT2D eigenvalue weighted by Gasteiger charge is -2.15. The molecule has 0 N–H and O–H groups in total. The van der Waals surface area contributed by atoms with E-state index in [-0.39, 0.29) is 0 Å². The second kappa shape index (κ2) is 4.43. The lowest BCUT2D eigenvalue weighted by molar-refractivity contribution is -0.154. The van der Waals surface area contributed by atoms with Crippen molar-refractivity contribution in [1.29, 1.82) is 0 Å². The highest BCUT2D eigenvalue weighted by atomic mass is 127. The van der Waals surface area contributed by atoms with Gasteiger partial charge < -0.3 is 6.13 Å². The van der Waals surface area contributed by atoms with Crippen LogP contribution < -0.4 is 0 Å². The number of carbonyl (C=O) groups excluding carboxylic acids is 2. The smallest absolute Gasteiger partial charge is 0.332 e. The van der Waals surface area contributed by atoms with Gasteiger partial charge in [-0.25, -0.2) is 0 Å². The van der Waals surface area contributed by atoms with Gasteiger partial charge in [-0.1, -0.05) is 0 Å². The summed E-state index contributed by atoms with van der Waals surface area (Å²) in [6.45, 7) is 2.88. The monoisotopic (exact) mass is 384 g/mol. The van der Waals surface area contributed by atoms with Crippen molar-refractivity contribution in [2.24, 2.45) is 5.41 Å². The highest BCUT2D eigenvalue weighted by molar-refractivity contribution is 14.1.